The van der Waals surface area contributed by atoms with Gasteiger partial charge in [-0.3, -0.25) is 4.79 Å². The number of carbonyl (C=O) groups is 1. The number of nitrogens with zero attached hydrogens (tertiary/aromatic N) is 2. The number of piperazine rings is 1. The molecular formula is C26H30Cl2N4OS. The first-order chi connectivity index (χ1) is 16.5. The molecule has 1 aliphatic rings. The van der Waals surface area contributed by atoms with Crippen molar-refractivity contribution in [3.63, 3.8) is 0 Å². The van der Waals surface area contributed by atoms with Gasteiger partial charge in [0.25, 0.3) is 0 Å². The number of nitrogens with one attached hydrogen (secondary N) is 1. The number of thiophene rings is 1. The van der Waals surface area contributed by atoms with Gasteiger partial charge < -0.3 is 20.9 Å². The second kappa shape index (κ2) is 12.0. The van der Waals surface area contributed by atoms with E-state index < -0.39 is 6.04 Å². The molecule has 0 spiro atoms. The number of benzene rings is 2. The van der Waals surface area contributed by atoms with Crippen LogP contribution in [-0.4, -0.2) is 49.6 Å². The Morgan fingerprint density at radius 2 is 1.82 bits per heavy atom. The van der Waals surface area contributed by atoms with E-state index in [1.165, 1.54) is 16.1 Å². The fraction of sp³-hybridized carbons (Fsp3) is 0.346. The highest BCUT2D eigenvalue weighted by molar-refractivity contribution is 7.09. The lowest BCUT2D eigenvalue weighted by Gasteiger charge is -2.38. The zero-order chi connectivity index (χ0) is 23.9. The summed E-state index contributed by atoms with van der Waals surface area (Å²) in [5, 5.41) is 6.81. The van der Waals surface area contributed by atoms with E-state index in [4.69, 9.17) is 28.9 Å². The Hall–Kier alpha value is -2.09. The van der Waals surface area contributed by atoms with E-state index in [0.717, 1.165) is 38.2 Å². The normalized spacial score (nSPS) is 14.9. The molecule has 0 unspecified atom stereocenters. The van der Waals surface area contributed by atoms with E-state index in [-0.39, 0.29) is 5.91 Å². The first-order valence-electron chi connectivity index (χ1n) is 11.6. The monoisotopic (exact) mass is 516 g/mol. The van der Waals surface area contributed by atoms with Crippen molar-refractivity contribution in [2.45, 2.75) is 25.4 Å². The molecule has 0 bridgehead atoms. The van der Waals surface area contributed by atoms with Gasteiger partial charge >= 0.3 is 0 Å². The highest BCUT2D eigenvalue weighted by Gasteiger charge is 2.26. The van der Waals surface area contributed by atoms with Crippen LogP contribution in [0, 0.1) is 0 Å². The lowest BCUT2D eigenvalue weighted by molar-refractivity contribution is -0.132. The van der Waals surface area contributed by atoms with Gasteiger partial charge in [-0.15, -0.1) is 11.3 Å². The van der Waals surface area contributed by atoms with Gasteiger partial charge in [0.15, 0.2) is 0 Å². The number of hydrogen-bond acceptors (Lipinski definition) is 5. The summed E-state index contributed by atoms with van der Waals surface area (Å²) in [5.41, 5.74) is 9.61. The third kappa shape index (κ3) is 6.52. The summed E-state index contributed by atoms with van der Waals surface area (Å²) in [6.45, 7) is 4.65. The van der Waals surface area contributed by atoms with Crippen LogP contribution in [0.4, 0.5) is 5.69 Å². The zero-order valence-corrected chi connectivity index (χ0v) is 21.4. The van der Waals surface area contributed by atoms with Crippen molar-refractivity contribution in [2.24, 2.45) is 5.73 Å². The number of para-hydroxylation sites is 1. The highest BCUT2D eigenvalue weighted by atomic mass is 35.5. The van der Waals surface area contributed by atoms with Crippen molar-refractivity contribution in [2.75, 3.05) is 37.6 Å². The maximum Gasteiger partial charge on any atom is 0.239 e. The predicted octanol–water partition coefficient (Wildman–Crippen LogP) is 4.61. The Bertz CT molecular complexity index is 1080. The molecule has 2 aromatic carbocycles. The fourth-order valence-corrected chi connectivity index (χ4v) is 5.47. The van der Waals surface area contributed by atoms with Gasteiger partial charge in [-0.05, 0) is 53.6 Å². The van der Waals surface area contributed by atoms with E-state index in [9.17, 15) is 4.79 Å². The summed E-state index contributed by atoms with van der Waals surface area (Å²) in [7, 11) is 0. The molecule has 1 amide bonds. The largest absolute Gasteiger partial charge is 0.368 e. The molecule has 5 nitrogen and oxygen atoms in total. The molecule has 1 saturated heterocycles. The second-order valence-electron chi connectivity index (χ2n) is 8.49. The van der Waals surface area contributed by atoms with Crippen LogP contribution in [0.2, 0.25) is 10.0 Å². The average Bonchev–Trinajstić information content (AvgIpc) is 3.37. The highest BCUT2D eigenvalue weighted by Crippen LogP contribution is 2.24. The second-order valence-corrected chi connectivity index (χ2v) is 10.4. The zero-order valence-electron chi connectivity index (χ0n) is 19.1. The summed E-state index contributed by atoms with van der Waals surface area (Å²) >= 11 is 14.0. The van der Waals surface area contributed by atoms with Crippen molar-refractivity contribution >= 4 is 46.1 Å². The van der Waals surface area contributed by atoms with Gasteiger partial charge in [-0.25, -0.2) is 0 Å². The summed E-state index contributed by atoms with van der Waals surface area (Å²) in [5.74, 6) is -0.0332. The van der Waals surface area contributed by atoms with Crippen LogP contribution in [0.5, 0.6) is 0 Å². The minimum Gasteiger partial charge on any atom is -0.368 e. The van der Waals surface area contributed by atoms with E-state index in [1.54, 1.807) is 23.5 Å². The van der Waals surface area contributed by atoms with Crippen LogP contribution in [0.3, 0.4) is 0 Å². The van der Waals surface area contributed by atoms with Crippen molar-refractivity contribution in [3.05, 3.63) is 86.0 Å². The molecule has 1 aromatic heterocycles. The third-order valence-electron chi connectivity index (χ3n) is 6.14. The van der Waals surface area contributed by atoms with E-state index in [0.29, 0.717) is 29.6 Å². The lowest BCUT2D eigenvalue weighted by atomic mass is 10.0. The van der Waals surface area contributed by atoms with E-state index in [2.05, 4.69) is 52.0 Å². The van der Waals surface area contributed by atoms with E-state index >= 15 is 0 Å². The summed E-state index contributed by atoms with van der Waals surface area (Å²) in [6, 6.07) is 17.4. The van der Waals surface area contributed by atoms with Crippen LogP contribution in [0.1, 0.15) is 16.0 Å². The molecule has 0 saturated carbocycles. The quantitative estimate of drug-likeness (QED) is 0.407. The number of rotatable bonds is 9. The average molecular weight is 518 g/mol. The Labute approximate surface area is 215 Å². The SMILES string of the molecule is N[C@H](Cc1ccc(Cl)cc1Cl)C(=O)N1CCN(c2ccccc2CNCCc2cccs2)CC1. The van der Waals surface area contributed by atoms with E-state index in [1.807, 2.05) is 11.0 Å². The molecule has 1 fully saturated rings. The van der Waals surface area contributed by atoms with Crippen LogP contribution < -0.4 is 16.0 Å². The molecule has 2 heterocycles. The minimum atomic E-state index is -0.620. The standard InChI is InChI=1S/C26H30Cl2N4OS/c27-21-8-7-19(23(28)17-21)16-24(29)26(33)32-13-11-31(12-14-32)25-6-2-1-4-20(25)18-30-10-9-22-5-3-15-34-22/h1-8,15,17,24,30H,9-14,16,18,29H2/t24-/m1/s1. The Morgan fingerprint density at radius 1 is 1.03 bits per heavy atom. The molecule has 1 atom stereocenters. The van der Waals surface area contributed by atoms with Crippen molar-refractivity contribution in [3.8, 4) is 0 Å². The van der Waals surface area contributed by atoms with Gasteiger partial charge in [0.2, 0.25) is 5.91 Å². The Kier molecular flexibility index (Phi) is 8.86. The summed E-state index contributed by atoms with van der Waals surface area (Å²) in [4.78, 5) is 18.6. The molecule has 0 aliphatic carbocycles. The van der Waals surface area contributed by atoms with Crippen LogP contribution >= 0.6 is 34.5 Å². The van der Waals surface area contributed by atoms with Gasteiger partial charge in [0, 0.05) is 59.9 Å². The number of carbonyl (C=O) groups excluding carboxylic acids is 1. The lowest BCUT2D eigenvalue weighted by Crippen LogP contribution is -2.53. The maximum absolute atomic E-state index is 13.0. The molecule has 0 radical (unpaired) electrons. The third-order valence-corrected chi connectivity index (χ3v) is 7.66. The van der Waals surface area contributed by atoms with Crippen molar-refractivity contribution < 1.29 is 4.79 Å². The first-order valence-corrected chi connectivity index (χ1v) is 13.2. The van der Waals surface area contributed by atoms with Crippen LogP contribution in [0.25, 0.3) is 0 Å². The van der Waals surface area contributed by atoms with Crippen LogP contribution in [-0.2, 0) is 24.2 Å². The minimum absolute atomic E-state index is 0.0332. The molecule has 4 rings (SSSR count). The number of halogens is 2. The summed E-state index contributed by atoms with van der Waals surface area (Å²) in [6.07, 6.45) is 1.44. The van der Waals surface area contributed by atoms with Crippen molar-refractivity contribution in [1.29, 1.82) is 0 Å². The summed E-state index contributed by atoms with van der Waals surface area (Å²) < 4.78 is 0. The number of nitrogens with two attached hydrogens (primary N) is 1. The Balaban J connectivity index is 1.28. The smallest absolute Gasteiger partial charge is 0.239 e. The predicted molar refractivity (Wildman–Crippen MR) is 143 cm³/mol. The molecule has 1 aliphatic heterocycles. The molecular weight excluding hydrogens is 487 g/mol. The Morgan fingerprint density at radius 3 is 2.56 bits per heavy atom. The maximum atomic E-state index is 13.0. The van der Waals surface area contributed by atoms with Gasteiger partial charge in [-0.2, -0.15) is 0 Å². The molecule has 3 N–H and O–H groups in total. The molecule has 3 aromatic rings. The number of anilines is 1. The van der Waals surface area contributed by atoms with Crippen molar-refractivity contribution in [1.82, 2.24) is 10.2 Å². The molecule has 34 heavy (non-hydrogen) atoms. The number of amides is 1. The topological polar surface area (TPSA) is 61.6 Å². The number of hydrogen-bond donors (Lipinski definition) is 2. The molecule has 8 heteroatoms. The first kappa shape index (κ1) is 25.0. The van der Waals surface area contributed by atoms with Crippen LogP contribution in [0.15, 0.2) is 60.0 Å². The van der Waals surface area contributed by atoms with Gasteiger partial charge in [0.05, 0.1) is 6.04 Å². The van der Waals surface area contributed by atoms with Gasteiger partial charge in [-0.1, -0.05) is 53.5 Å². The fourth-order valence-electron chi connectivity index (χ4n) is 4.27. The molecule has 180 valence electrons. The van der Waals surface area contributed by atoms with Gasteiger partial charge in [0.1, 0.15) is 0 Å².